The van der Waals surface area contributed by atoms with Gasteiger partial charge in [-0.05, 0) is 25.0 Å². The number of rotatable bonds is 1. The third-order valence-corrected chi connectivity index (χ3v) is 3.38. The van der Waals surface area contributed by atoms with E-state index in [9.17, 15) is 4.79 Å². The van der Waals surface area contributed by atoms with Gasteiger partial charge in [-0.2, -0.15) is 0 Å². The topological polar surface area (TPSA) is 41.9 Å². The number of aliphatic imine (C=N–C) groups is 1. The van der Waals surface area contributed by atoms with Crippen LogP contribution in [0.15, 0.2) is 23.2 Å². The predicted octanol–water partition coefficient (Wildman–Crippen LogP) is 2.02. The van der Waals surface area contributed by atoms with E-state index < -0.39 is 0 Å². The fraction of sp³-hybridized carbons (Fsp3) is 0.385. The van der Waals surface area contributed by atoms with E-state index >= 15 is 0 Å². The van der Waals surface area contributed by atoms with Crippen LogP contribution in [0.4, 0.5) is 5.69 Å². The second-order valence-corrected chi connectivity index (χ2v) is 4.37. The Morgan fingerprint density at radius 2 is 2.35 bits per heavy atom. The summed E-state index contributed by atoms with van der Waals surface area (Å²) in [6.07, 6.45) is 3.96. The molecule has 2 aliphatic heterocycles. The maximum absolute atomic E-state index is 12.3. The van der Waals surface area contributed by atoms with Crippen LogP contribution in [-0.2, 0) is 0 Å². The second kappa shape index (κ2) is 3.87. The van der Waals surface area contributed by atoms with E-state index in [1.54, 1.807) is 13.2 Å². The molecule has 0 aromatic heterocycles. The summed E-state index contributed by atoms with van der Waals surface area (Å²) in [5, 5.41) is 0. The van der Waals surface area contributed by atoms with Crippen LogP contribution in [0.1, 0.15) is 23.2 Å². The molecule has 0 unspecified atom stereocenters. The number of nitrogens with zero attached hydrogens (tertiary/aromatic N) is 2. The predicted molar refractivity (Wildman–Crippen MR) is 65.2 cm³/mol. The Kier molecular flexibility index (Phi) is 2.35. The van der Waals surface area contributed by atoms with Gasteiger partial charge in [0.2, 0.25) is 0 Å². The van der Waals surface area contributed by atoms with Crippen molar-refractivity contribution in [1.29, 1.82) is 0 Å². The van der Waals surface area contributed by atoms with Gasteiger partial charge in [0.25, 0.3) is 5.91 Å². The quantitative estimate of drug-likeness (QED) is 0.740. The minimum absolute atomic E-state index is 0.0858. The van der Waals surface area contributed by atoms with Crippen molar-refractivity contribution < 1.29 is 9.53 Å². The molecule has 4 heteroatoms. The first-order valence-electron chi connectivity index (χ1n) is 5.83. The van der Waals surface area contributed by atoms with Crippen molar-refractivity contribution in [3.63, 3.8) is 0 Å². The van der Waals surface area contributed by atoms with Crippen molar-refractivity contribution in [2.75, 3.05) is 13.7 Å². The Balaban J connectivity index is 2.08. The molecule has 1 atom stereocenters. The Labute approximate surface area is 99.9 Å². The van der Waals surface area contributed by atoms with E-state index in [2.05, 4.69) is 4.99 Å². The summed E-state index contributed by atoms with van der Waals surface area (Å²) < 4.78 is 5.15. The molecule has 4 nitrogen and oxygen atoms in total. The highest BCUT2D eigenvalue weighted by Gasteiger charge is 2.31. The second-order valence-electron chi connectivity index (χ2n) is 4.37. The molecule has 2 aliphatic rings. The molecular formula is C13H14N2O2. The molecule has 0 radical (unpaired) electrons. The molecule has 0 saturated carbocycles. The summed E-state index contributed by atoms with van der Waals surface area (Å²) in [5.41, 5.74) is 1.38. The Morgan fingerprint density at radius 1 is 1.47 bits per heavy atom. The molecule has 1 saturated heterocycles. The first kappa shape index (κ1) is 10.3. The molecular weight excluding hydrogens is 216 g/mol. The van der Waals surface area contributed by atoms with Gasteiger partial charge in [-0.1, -0.05) is 0 Å². The van der Waals surface area contributed by atoms with E-state index in [0.717, 1.165) is 25.1 Å². The third-order valence-electron chi connectivity index (χ3n) is 3.38. The molecule has 0 bridgehead atoms. The van der Waals surface area contributed by atoms with Gasteiger partial charge in [-0.15, -0.1) is 0 Å². The molecule has 0 N–H and O–H groups in total. The molecule has 0 spiro atoms. The van der Waals surface area contributed by atoms with Crippen LogP contribution in [0.25, 0.3) is 0 Å². The van der Waals surface area contributed by atoms with Gasteiger partial charge in [-0.3, -0.25) is 9.79 Å². The normalized spacial score (nSPS) is 22.1. The summed E-state index contributed by atoms with van der Waals surface area (Å²) in [4.78, 5) is 18.6. The summed E-state index contributed by atoms with van der Waals surface area (Å²) >= 11 is 0. The van der Waals surface area contributed by atoms with Gasteiger partial charge in [0, 0.05) is 18.8 Å². The lowest BCUT2D eigenvalue weighted by Crippen LogP contribution is -2.35. The average molecular weight is 230 g/mol. The first-order valence-corrected chi connectivity index (χ1v) is 5.83. The highest BCUT2D eigenvalue weighted by atomic mass is 16.5. The monoisotopic (exact) mass is 230 g/mol. The van der Waals surface area contributed by atoms with Gasteiger partial charge in [0.05, 0.1) is 24.4 Å². The maximum atomic E-state index is 12.3. The highest BCUT2D eigenvalue weighted by molar-refractivity contribution is 6.02. The molecule has 1 amide bonds. The zero-order chi connectivity index (χ0) is 11.8. The van der Waals surface area contributed by atoms with E-state index in [1.807, 2.05) is 23.2 Å². The third kappa shape index (κ3) is 1.60. The van der Waals surface area contributed by atoms with Gasteiger partial charge in [0.15, 0.2) is 0 Å². The maximum Gasteiger partial charge on any atom is 0.256 e. The van der Waals surface area contributed by atoms with E-state index in [1.165, 1.54) is 0 Å². The van der Waals surface area contributed by atoms with E-state index in [4.69, 9.17) is 4.74 Å². The van der Waals surface area contributed by atoms with Gasteiger partial charge in [0.1, 0.15) is 5.75 Å². The highest BCUT2D eigenvalue weighted by Crippen LogP contribution is 2.31. The van der Waals surface area contributed by atoms with Crippen LogP contribution < -0.4 is 4.74 Å². The lowest BCUT2D eigenvalue weighted by Gasteiger charge is -2.19. The van der Waals surface area contributed by atoms with Crippen LogP contribution in [0.3, 0.4) is 0 Å². The number of hydrogen-bond donors (Lipinski definition) is 0. The summed E-state index contributed by atoms with van der Waals surface area (Å²) in [5.74, 6) is 0.818. The van der Waals surface area contributed by atoms with Crippen molar-refractivity contribution in [2.45, 2.75) is 18.9 Å². The number of benzene rings is 1. The average Bonchev–Trinajstić information content (AvgIpc) is 2.79. The molecule has 1 aromatic rings. The SMILES string of the molecule is COc1ccc2c(c1)N=C[C@@H]1CCCN1C2=O. The molecule has 1 aromatic carbocycles. The number of methoxy groups -OCH3 is 1. The molecule has 0 aliphatic carbocycles. The van der Waals surface area contributed by atoms with Gasteiger partial charge < -0.3 is 9.64 Å². The van der Waals surface area contributed by atoms with Crippen LogP contribution >= 0.6 is 0 Å². The van der Waals surface area contributed by atoms with E-state index in [0.29, 0.717) is 11.3 Å². The number of carbonyl (C=O) groups excluding carboxylic acids is 1. The van der Waals surface area contributed by atoms with Gasteiger partial charge in [-0.25, -0.2) is 0 Å². The number of hydrogen-bond acceptors (Lipinski definition) is 3. The Morgan fingerprint density at radius 3 is 3.18 bits per heavy atom. The van der Waals surface area contributed by atoms with Crippen molar-refractivity contribution in [3.8, 4) is 5.75 Å². The fourth-order valence-corrected chi connectivity index (χ4v) is 2.45. The van der Waals surface area contributed by atoms with Crippen molar-refractivity contribution in [2.24, 2.45) is 4.99 Å². The van der Waals surface area contributed by atoms with Crippen molar-refractivity contribution >= 4 is 17.8 Å². The number of ether oxygens (including phenoxy) is 1. The molecule has 1 fully saturated rings. The summed E-state index contributed by atoms with van der Waals surface area (Å²) in [7, 11) is 1.61. The van der Waals surface area contributed by atoms with Crippen LogP contribution in [0, 0.1) is 0 Å². The fourth-order valence-electron chi connectivity index (χ4n) is 2.45. The first-order chi connectivity index (χ1) is 8.29. The lowest BCUT2D eigenvalue weighted by atomic mass is 10.1. The number of fused-ring (bicyclic) bond motifs is 2. The molecule has 3 rings (SSSR count). The van der Waals surface area contributed by atoms with Crippen LogP contribution in [0.2, 0.25) is 0 Å². The van der Waals surface area contributed by atoms with E-state index in [-0.39, 0.29) is 11.9 Å². The molecule has 17 heavy (non-hydrogen) atoms. The lowest BCUT2D eigenvalue weighted by molar-refractivity contribution is 0.0775. The number of amides is 1. The molecule has 88 valence electrons. The van der Waals surface area contributed by atoms with Crippen LogP contribution in [-0.4, -0.2) is 36.7 Å². The zero-order valence-corrected chi connectivity index (χ0v) is 9.72. The Hall–Kier alpha value is -1.84. The van der Waals surface area contributed by atoms with Crippen molar-refractivity contribution in [3.05, 3.63) is 23.8 Å². The van der Waals surface area contributed by atoms with Gasteiger partial charge >= 0.3 is 0 Å². The summed E-state index contributed by atoms with van der Waals surface area (Å²) in [6.45, 7) is 0.834. The van der Waals surface area contributed by atoms with Crippen molar-refractivity contribution in [1.82, 2.24) is 4.90 Å². The minimum atomic E-state index is 0.0858. The summed E-state index contributed by atoms with van der Waals surface area (Å²) in [6, 6.07) is 5.59. The van der Waals surface area contributed by atoms with Crippen LogP contribution in [0.5, 0.6) is 5.75 Å². The molecule has 2 heterocycles. The Bertz CT molecular complexity index is 496. The zero-order valence-electron chi connectivity index (χ0n) is 9.72. The standard InChI is InChI=1S/C13H14N2O2/c1-17-10-4-5-11-12(7-10)14-8-9-3-2-6-15(9)13(11)16/h4-5,7-9H,2-3,6H2,1H3/t9-/m0/s1. The number of carbonyl (C=O) groups is 1. The smallest absolute Gasteiger partial charge is 0.256 e. The largest absolute Gasteiger partial charge is 0.497 e. The minimum Gasteiger partial charge on any atom is -0.497 e.